The van der Waals surface area contributed by atoms with Gasteiger partial charge in [0.1, 0.15) is 0 Å². The average Bonchev–Trinajstić information content (AvgIpc) is 2.52. The van der Waals surface area contributed by atoms with Crippen molar-refractivity contribution in [3.8, 4) is 0 Å². The van der Waals surface area contributed by atoms with Gasteiger partial charge in [-0.3, -0.25) is 0 Å². The highest BCUT2D eigenvalue weighted by Crippen LogP contribution is 2.38. The Morgan fingerprint density at radius 1 is 0.429 bits per heavy atom. The van der Waals surface area contributed by atoms with Gasteiger partial charge in [0.2, 0.25) is 0 Å². The van der Waals surface area contributed by atoms with Crippen molar-refractivity contribution in [2.75, 3.05) is 0 Å². The summed E-state index contributed by atoms with van der Waals surface area (Å²) in [6, 6.07) is 0. The van der Waals surface area contributed by atoms with Gasteiger partial charge < -0.3 is 0 Å². The Bertz CT molecular complexity index is 190. The molecule has 0 aromatic heterocycles. The Kier molecular flexibility index (Phi) is 14.9. The van der Waals surface area contributed by atoms with Crippen molar-refractivity contribution in [2.45, 2.75) is 130 Å². The number of hydrogen-bond donors (Lipinski definition) is 0. The second kappa shape index (κ2) is 14.9. The van der Waals surface area contributed by atoms with Gasteiger partial charge in [-0.2, -0.15) is 0 Å². The van der Waals surface area contributed by atoms with E-state index in [4.69, 9.17) is 0 Å². The molecule has 0 saturated heterocycles. The number of unbranched alkanes of at least 4 members (excludes halogenated alkanes) is 10. The van der Waals surface area contributed by atoms with E-state index in [9.17, 15) is 0 Å². The molecule has 0 unspecified atom stereocenters. The predicted molar refractivity (Wildman–Crippen MR) is 99.0 cm³/mol. The third-order valence-electron chi connectivity index (χ3n) is 5.62. The molecule has 128 valence electrons. The summed E-state index contributed by atoms with van der Waals surface area (Å²) in [5, 5.41) is 0. The lowest BCUT2D eigenvalue weighted by atomic mass is 9.74. The van der Waals surface area contributed by atoms with Crippen LogP contribution in [0.25, 0.3) is 0 Å². The van der Waals surface area contributed by atoms with Crippen LogP contribution in [0, 0.1) is 5.41 Å². The fourth-order valence-electron chi connectivity index (χ4n) is 3.64. The van der Waals surface area contributed by atoms with Crippen LogP contribution in [-0.2, 0) is 0 Å². The van der Waals surface area contributed by atoms with Crippen LogP contribution in [0.4, 0.5) is 0 Å². The van der Waals surface area contributed by atoms with E-state index in [1.54, 1.807) is 0 Å². The molecule has 0 aliphatic carbocycles. The van der Waals surface area contributed by atoms with Crippen molar-refractivity contribution in [1.82, 2.24) is 0 Å². The van der Waals surface area contributed by atoms with Gasteiger partial charge in [0.15, 0.2) is 0 Å². The summed E-state index contributed by atoms with van der Waals surface area (Å²) < 4.78 is 0. The average molecular weight is 297 g/mol. The lowest BCUT2D eigenvalue weighted by Gasteiger charge is -2.32. The molecule has 0 nitrogen and oxygen atoms in total. The van der Waals surface area contributed by atoms with Crippen LogP contribution in [0.5, 0.6) is 0 Å². The molecule has 0 bridgehead atoms. The van der Waals surface area contributed by atoms with E-state index in [1.165, 1.54) is 103 Å². The van der Waals surface area contributed by atoms with E-state index in [0.717, 1.165) is 0 Å². The first-order valence-electron chi connectivity index (χ1n) is 10.2. The zero-order valence-electron chi connectivity index (χ0n) is 15.8. The first-order chi connectivity index (χ1) is 10.2. The molecule has 0 aromatic rings. The number of rotatable bonds is 16. The van der Waals surface area contributed by atoms with Crippen molar-refractivity contribution in [3.05, 3.63) is 0 Å². The lowest BCUT2D eigenvalue weighted by Crippen LogP contribution is -2.18. The molecule has 0 aliphatic heterocycles. The molecule has 0 spiro atoms. The maximum Gasteiger partial charge on any atom is -0.0303 e. The highest BCUT2D eigenvalue weighted by molar-refractivity contribution is 4.76. The van der Waals surface area contributed by atoms with E-state index in [-0.39, 0.29) is 0 Å². The molecular formula is C21H44. The molecule has 0 heterocycles. The summed E-state index contributed by atoms with van der Waals surface area (Å²) in [5.41, 5.74) is 0.677. The zero-order chi connectivity index (χ0) is 15.8. The molecule has 0 radical (unpaired) electrons. The SMILES string of the molecule is CCCCCCCCCCC(CC)(CC)CCCCCC. The van der Waals surface area contributed by atoms with Crippen LogP contribution in [-0.4, -0.2) is 0 Å². The van der Waals surface area contributed by atoms with Crippen molar-refractivity contribution in [1.29, 1.82) is 0 Å². The molecule has 0 saturated carbocycles. The topological polar surface area (TPSA) is 0 Å². The Morgan fingerprint density at radius 3 is 1.14 bits per heavy atom. The minimum absolute atomic E-state index is 0.677. The molecule has 0 aliphatic rings. The standard InChI is InChI=1S/C21H44/c1-5-9-11-13-14-15-16-18-20-21(7-3,8-4)19-17-12-10-6-2/h5-20H2,1-4H3. The van der Waals surface area contributed by atoms with Gasteiger partial charge in [-0.1, -0.05) is 118 Å². The van der Waals surface area contributed by atoms with Gasteiger partial charge in [0, 0.05) is 0 Å². The highest BCUT2D eigenvalue weighted by Gasteiger charge is 2.24. The first-order valence-corrected chi connectivity index (χ1v) is 10.2. The third kappa shape index (κ3) is 11.2. The maximum atomic E-state index is 2.42. The highest BCUT2D eigenvalue weighted by atomic mass is 14.3. The molecule has 21 heavy (non-hydrogen) atoms. The van der Waals surface area contributed by atoms with Crippen LogP contribution in [0.3, 0.4) is 0 Å². The number of hydrogen-bond acceptors (Lipinski definition) is 0. The quantitative estimate of drug-likeness (QED) is 0.251. The van der Waals surface area contributed by atoms with Crippen LogP contribution in [0.15, 0.2) is 0 Å². The molecule has 0 fully saturated rings. The van der Waals surface area contributed by atoms with Crippen LogP contribution in [0.1, 0.15) is 130 Å². The largest absolute Gasteiger partial charge is 0.0654 e. The van der Waals surface area contributed by atoms with Crippen molar-refractivity contribution >= 4 is 0 Å². The van der Waals surface area contributed by atoms with Gasteiger partial charge in [-0.05, 0) is 18.3 Å². The molecule has 0 atom stereocenters. The van der Waals surface area contributed by atoms with E-state index in [2.05, 4.69) is 27.7 Å². The minimum atomic E-state index is 0.677. The van der Waals surface area contributed by atoms with E-state index >= 15 is 0 Å². The van der Waals surface area contributed by atoms with Gasteiger partial charge in [0.25, 0.3) is 0 Å². The third-order valence-corrected chi connectivity index (χ3v) is 5.62. The maximum absolute atomic E-state index is 2.42. The zero-order valence-corrected chi connectivity index (χ0v) is 15.8. The molecular weight excluding hydrogens is 252 g/mol. The summed E-state index contributed by atoms with van der Waals surface area (Å²) in [4.78, 5) is 0. The van der Waals surface area contributed by atoms with Gasteiger partial charge >= 0.3 is 0 Å². The van der Waals surface area contributed by atoms with Crippen molar-refractivity contribution in [2.24, 2.45) is 5.41 Å². The van der Waals surface area contributed by atoms with Crippen LogP contribution in [0.2, 0.25) is 0 Å². The lowest BCUT2D eigenvalue weighted by molar-refractivity contribution is 0.202. The van der Waals surface area contributed by atoms with Crippen LogP contribution >= 0.6 is 0 Å². The van der Waals surface area contributed by atoms with Gasteiger partial charge in [-0.15, -0.1) is 0 Å². The predicted octanol–water partition coefficient (Wildman–Crippen LogP) is 8.29. The first kappa shape index (κ1) is 21.0. The molecule has 0 rings (SSSR count). The normalized spacial score (nSPS) is 12.0. The van der Waals surface area contributed by atoms with E-state index < -0.39 is 0 Å². The fraction of sp³-hybridized carbons (Fsp3) is 1.00. The second-order valence-electron chi connectivity index (χ2n) is 7.24. The smallest absolute Gasteiger partial charge is 0.0303 e. The summed E-state index contributed by atoms with van der Waals surface area (Å²) in [7, 11) is 0. The minimum Gasteiger partial charge on any atom is -0.0654 e. The summed E-state index contributed by atoms with van der Waals surface area (Å²) in [6.07, 6.45) is 23.1. The Balaban J connectivity index is 3.72. The summed E-state index contributed by atoms with van der Waals surface area (Å²) in [6.45, 7) is 9.46. The van der Waals surface area contributed by atoms with Crippen LogP contribution < -0.4 is 0 Å². The van der Waals surface area contributed by atoms with E-state index in [0.29, 0.717) is 5.41 Å². The fourth-order valence-corrected chi connectivity index (χ4v) is 3.64. The monoisotopic (exact) mass is 296 g/mol. The molecule has 0 N–H and O–H groups in total. The summed E-state index contributed by atoms with van der Waals surface area (Å²) in [5.74, 6) is 0. The van der Waals surface area contributed by atoms with Crippen molar-refractivity contribution < 1.29 is 0 Å². The second-order valence-corrected chi connectivity index (χ2v) is 7.24. The molecule has 0 amide bonds. The molecule has 0 heteroatoms. The van der Waals surface area contributed by atoms with Gasteiger partial charge in [0.05, 0.1) is 0 Å². The Hall–Kier alpha value is 0. The molecule has 0 aromatic carbocycles. The van der Waals surface area contributed by atoms with Crippen molar-refractivity contribution in [3.63, 3.8) is 0 Å². The Morgan fingerprint density at radius 2 is 0.762 bits per heavy atom. The Labute approximate surface area is 136 Å². The summed E-state index contributed by atoms with van der Waals surface area (Å²) >= 11 is 0. The van der Waals surface area contributed by atoms with Gasteiger partial charge in [-0.25, -0.2) is 0 Å². The van der Waals surface area contributed by atoms with E-state index in [1.807, 2.05) is 0 Å².